The monoisotopic (exact) mass is 442 g/mol. The zero-order valence-electron chi connectivity index (χ0n) is 6.85. The molecule has 0 aliphatic rings. The van der Waals surface area contributed by atoms with E-state index in [2.05, 4.69) is 32.9 Å². The maximum absolute atomic E-state index is 10.5. The molecule has 0 aliphatic carbocycles. The molecule has 80 valence electrons. The molecule has 1 aromatic carbocycles. The van der Waals surface area contributed by atoms with Crippen LogP contribution < -0.4 is 10.3 Å². The zero-order valence-corrected chi connectivity index (χ0v) is 12.0. The van der Waals surface area contributed by atoms with Crippen LogP contribution in [0.4, 0.5) is 0 Å². The van der Waals surface area contributed by atoms with Crippen LogP contribution in [-0.2, 0) is 13.3 Å². The molecule has 1 rings (SSSR count). The van der Waals surface area contributed by atoms with Crippen molar-refractivity contribution in [3.8, 4) is 0 Å². The van der Waals surface area contributed by atoms with Crippen LogP contribution >= 0.6 is 43.8 Å². The second-order valence-electron chi connectivity index (χ2n) is 2.08. The first-order chi connectivity index (χ1) is 6.34. The Labute approximate surface area is 106 Å². The van der Waals surface area contributed by atoms with Crippen LogP contribution in [0.3, 0.4) is 0 Å². The molecule has 4 N–H and O–H groups in total. The van der Waals surface area contributed by atoms with Crippen molar-refractivity contribution < 1.29 is 11.5 Å². The van der Waals surface area contributed by atoms with E-state index in [-0.39, 0.29) is 0 Å². The number of hydrogen-bond acceptors (Lipinski definition) is 3. The molecule has 0 saturated heterocycles. The van der Waals surface area contributed by atoms with Crippen LogP contribution in [-0.4, -0.2) is 8.42 Å². The molecule has 14 heavy (non-hydrogen) atoms. The molecular weight excluding hydrogens is 434 g/mol. The van der Waals surface area contributed by atoms with Gasteiger partial charge in [0, 0.05) is 3.57 Å². The molecule has 0 bridgehead atoms. The number of halogens is 2. The third kappa shape index (κ3) is 8.93. The molecule has 0 unspecified atom stereocenters. The zero-order chi connectivity index (χ0) is 11.2. The summed E-state index contributed by atoms with van der Waals surface area (Å²) in [4.78, 5) is 0. The number of nitrogens with two attached hydrogens (primary N) is 2. The lowest BCUT2D eigenvalue weighted by molar-refractivity contribution is 0.599. The van der Waals surface area contributed by atoms with Crippen molar-refractivity contribution in [1.29, 1.82) is 0 Å². The minimum absolute atomic E-state index is 0.970. The van der Waals surface area contributed by atoms with Gasteiger partial charge in [-0.25, -0.2) is 10.3 Å². The van der Waals surface area contributed by atoms with Gasteiger partial charge in [0.2, 0.25) is 0 Å². The standard InChI is InChI=1S/C6H4I2O.H4N2O2S/c7-5-3-1-2-4-6(5)8-9;1-5(2,3)4/h1-4H;(H4,1,2,3,4). The highest BCUT2D eigenvalue weighted by atomic mass is 127. The molecule has 0 fully saturated rings. The number of benzene rings is 1. The molecule has 8 heteroatoms. The Bertz CT molecular complexity index is 399. The topological polar surface area (TPSA) is 103 Å². The van der Waals surface area contributed by atoms with Gasteiger partial charge in [0.1, 0.15) is 0 Å². The molecule has 0 aliphatic heterocycles. The largest absolute Gasteiger partial charge is 0.271 e. The quantitative estimate of drug-likeness (QED) is 0.633. The summed E-state index contributed by atoms with van der Waals surface area (Å²) in [6.45, 7) is 0. The van der Waals surface area contributed by atoms with Crippen LogP contribution in [0, 0.1) is 7.14 Å². The Kier molecular flexibility index (Phi) is 6.93. The van der Waals surface area contributed by atoms with Gasteiger partial charge in [-0.3, -0.25) is 3.07 Å². The van der Waals surface area contributed by atoms with Crippen LogP contribution in [0.1, 0.15) is 0 Å². The van der Waals surface area contributed by atoms with Gasteiger partial charge in [-0.1, -0.05) is 12.1 Å². The molecule has 0 atom stereocenters. The minimum Gasteiger partial charge on any atom is -0.265 e. The summed E-state index contributed by atoms with van der Waals surface area (Å²) in [6, 6.07) is 7.73. The van der Waals surface area contributed by atoms with E-state index >= 15 is 0 Å². The predicted molar refractivity (Wildman–Crippen MR) is 69.9 cm³/mol. The lowest BCUT2D eigenvalue weighted by Crippen LogP contribution is -2.21. The van der Waals surface area contributed by atoms with Gasteiger partial charge >= 0.3 is 0 Å². The fourth-order valence-corrected chi connectivity index (χ4v) is 2.19. The first kappa shape index (κ1) is 14.3. The van der Waals surface area contributed by atoms with Crippen LogP contribution in [0.2, 0.25) is 0 Å². The van der Waals surface area contributed by atoms with Crippen molar-refractivity contribution in [2.45, 2.75) is 0 Å². The summed E-state index contributed by atoms with van der Waals surface area (Å²) < 4.78 is 30.9. The van der Waals surface area contributed by atoms with Crippen molar-refractivity contribution in [3.63, 3.8) is 0 Å². The van der Waals surface area contributed by atoms with E-state index in [1.807, 2.05) is 24.3 Å². The van der Waals surface area contributed by atoms with Crippen molar-refractivity contribution in [3.05, 3.63) is 31.4 Å². The Morgan fingerprint density at radius 2 is 1.64 bits per heavy atom. The van der Waals surface area contributed by atoms with Crippen LogP contribution in [0.25, 0.3) is 0 Å². The van der Waals surface area contributed by atoms with Gasteiger partial charge in [0.15, 0.2) is 21.2 Å². The second-order valence-corrected chi connectivity index (χ2v) is 6.02. The van der Waals surface area contributed by atoms with Gasteiger partial charge in [0.25, 0.3) is 10.2 Å². The van der Waals surface area contributed by atoms with Gasteiger partial charge in [-0.05, 0) is 34.7 Å². The fraction of sp³-hybridized carbons (Fsp3) is 0. The van der Waals surface area contributed by atoms with E-state index in [0.29, 0.717) is 0 Å². The lowest BCUT2D eigenvalue weighted by Gasteiger charge is -1.89. The van der Waals surface area contributed by atoms with E-state index in [0.717, 1.165) is 7.14 Å². The first-order valence-corrected chi connectivity index (χ1v) is 7.81. The van der Waals surface area contributed by atoms with E-state index in [1.165, 1.54) is 0 Å². The first-order valence-electron chi connectivity index (χ1n) is 3.16. The minimum atomic E-state index is -3.67. The van der Waals surface area contributed by atoms with Crippen molar-refractivity contribution >= 4 is 54.0 Å². The number of hydrogen-bond donors (Lipinski definition) is 2. The third-order valence-electron chi connectivity index (χ3n) is 0.907. The highest BCUT2D eigenvalue weighted by Crippen LogP contribution is 2.16. The van der Waals surface area contributed by atoms with Crippen molar-refractivity contribution in [2.24, 2.45) is 10.3 Å². The Balaban J connectivity index is 0.000000292. The summed E-state index contributed by atoms with van der Waals surface area (Å²) in [5, 5.41) is 8.21. The highest BCUT2D eigenvalue weighted by molar-refractivity contribution is 14.2. The summed E-state index contributed by atoms with van der Waals surface area (Å²) >= 11 is 1.22. The second kappa shape index (κ2) is 6.76. The van der Waals surface area contributed by atoms with Gasteiger partial charge in [0.05, 0.1) is 3.57 Å². The van der Waals surface area contributed by atoms with Crippen LogP contribution in [0.5, 0.6) is 0 Å². The molecule has 0 aromatic heterocycles. The Morgan fingerprint density at radius 1 is 1.21 bits per heavy atom. The SMILES string of the molecule is NS(N)(=O)=O.O=Ic1ccccc1I. The van der Waals surface area contributed by atoms with E-state index in [9.17, 15) is 11.5 Å². The fourth-order valence-electron chi connectivity index (χ4n) is 0.502. The average Bonchev–Trinajstić information content (AvgIpc) is 2.02. The summed E-state index contributed by atoms with van der Waals surface area (Å²) in [6.07, 6.45) is 0. The maximum Gasteiger partial charge on any atom is 0.271 e. The molecule has 0 heterocycles. The highest BCUT2D eigenvalue weighted by Gasteiger charge is 1.93. The van der Waals surface area contributed by atoms with Gasteiger partial charge in [-0.2, -0.15) is 8.42 Å². The predicted octanol–water partition coefficient (Wildman–Crippen LogP) is 0.926. The summed E-state index contributed by atoms with van der Waals surface area (Å²) in [5.41, 5.74) is 0. The molecule has 0 spiro atoms. The van der Waals surface area contributed by atoms with Gasteiger partial charge < -0.3 is 0 Å². The third-order valence-corrected chi connectivity index (χ3v) is 4.30. The molecular formula is C6H8I2N2O3S. The molecule has 0 amide bonds. The van der Waals surface area contributed by atoms with Gasteiger partial charge in [-0.15, -0.1) is 0 Å². The average molecular weight is 442 g/mol. The van der Waals surface area contributed by atoms with Crippen molar-refractivity contribution in [2.75, 3.05) is 0 Å². The summed E-state index contributed by atoms with van der Waals surface area (Å²) in [5.74, 6) is 0. The molecule has 1 aromatic rings. The molecule has 0 radical (unpaired) electrons. The molecule has 5 nitrogen and oxygen atoms in total. The Hall–Kier alpha value is 0.350. The van der Waals surface area contributed by atoms with E-state index < -0.39 is 31.4 Å². The normalized spacial score (nSPS) is 10.2. The van der Waals surface area contributed by atoms with Crippen LogP contribution in [0.15, 0.2) is 24.3 Å². The summed E-state index contributed by atoms with van der Waals surface area (Å²) in [7, 11) is -3.67. The number of rotatable bonds is 1. The smallest absolute Gasteiger partial charge is 0.265 e. The lowest BCUT2D eigenvalue weighted by atomic mass is 10.4. The van der Waals surface area contributed by atoms with E-state index in [1.54, 1.807) is 0 Å². The maximum atomic E-state index is 10.5. The van der Waals surface area contributed by atoms with Crippen molar-refractivity contribution in [1.82, 2.24) is 0 Å². The van der Waals surface area contributed by atoms with E-state index in [4.69, 9.17) is 0 Å². The Morgan fingerprint density at radius 3 is 1.93 bits per heavy atom. The molecule has 0 saturated carbocycles.